The molecule has 0 aromatic rings. The maximum atomic E-state index is 2.23. The van der Waals surface area contributed by atoms with E-state index in [-0.39, 0.29) is 49.6 Å². The zero-order chi connectivity index (χ0) is 4.12. The topological polar surface area (TPSA) is 0 Å². The number of halogens is 4. The number of rotatable bonds is 2. The average Bonchev–Trinajstić information content (AvgIpc) is 1.41. The second-order valence-corrected chi connectivity index (χ2v) is 2.79. The molecule has 0 aliphatic rings. The molecular weight excluding hydrogens is 309 g/mol. The van der Waals surface area contributed by atoms with Gasteiger partial charge in [-0.25, -0.2) is 0 Å². The summed E-state index contributed by atoms with van der Waals surface area (Å²) in [6.07, 6.45) is 2.82. The van der Waals surface area contributed by atoms with Crippen molar-refractivity contribution < 1.29 is 0 Å². The Balaban J connectivity index is -0.0000000133. The van der Waals surface area contributed by atoms with Gasteiger partial charge in [0.05, 0.1) is 0 Å². The fourth-order valence-corrected chi connectivity index (χ4v) is 1.37. The first-order chi connectivity index (χ1) is 2.41. The zero-order valence-electron chi connectivity index (χ0n) is 5.33. The van der Waals surface area contributed by atoms with E-state index < -0.39 is 0 Å². The Morgan fingerprint density at radius 1 is 1.00 bits per heavy atom. The second-order valence-electron chi connectivity index (χ2n) is 1.14. The smallest absolute Gasteiger partial charge is 0.147 e. The molecular formula is C4H14Cl4Sn. The van der Waals surface area contributed by atoms with Crippen molar-refractivity contribution in [3.8, 4) is 0 Å². The molecule has 0 rings (SSSR count). The van der Waals surface area contributed by atoms with Gasteiger partial charge in [0.15, 0.2) is 0 Å². The Morgan fingerprint density at radius 2 is 1.33 bits per heavy atom. The van der Waals surface area contributed by atoms with Crippen LogP contribution in [0.25, 0.3) is 0 Å². The van der Waals surface area contributed by atoms with Crippen molar-refractivity contribution in [1.29, 1.82) is 0 Å². The van der Waals surface area contributed by atoms with Gasteiger partial charge < -0.3 is 0 Å². The van der Waals surface area contributed by atoms with Crippen molar-refractivity contribution in [2.24, 2.45) is 0 Å². The van der Waals surface area contributed by atoms with E-state index in [2.05, 4.69) is 6.92 Å². The van der Waals surface area contributed by atoms with Crippen LogP contribution in [-0.4, -0.2) is 22.5 Å². The van der Waals surface area contributed by atoms with E-state index in [0.29, 0.717) is 0 Å². The third-order valence-electron chi connectivity index (χ3n) is 0.558. The van der Waals surface area contributed by atoms with E-state index >= 15 is 0 Å². The van der Waals surface area contributed by atoms with E-state index in [9.17, 15) is 0 Å². The maximum absolute atomic E-state index is 2.23. The molecule has 0 aromatic carbocycles. The second kappa shape index (κ2) is 32.5. The molecule has 0 unspecified atom stereocenters. The van der Waals surface area contributed by atoms with Crippen LogP contribution in [0, 0.1) is 0 Å². The Kier molecular flexibility index (Phi) is 111. The van der Waals surface area contributed by atoms with Gasteiger partial charge in [0.2, 0.25) is 0 Å². The van der Waals surface area contributed by atoms with Gasteiger partial charge in [-0.3, -0.25) is 0 Å². The van der Waals surface area contributed by atoms with Gasteiger partial charge in [-0.1, -0.05) is 0 Å². The van der Waals surface area contributed by atoms with Gasteiger partial charge in [-0.05, 0) is 0 Å². The summed E-state index contributed by atoms with van der Waals surface area (Å²) in [6, 6.07) is 0. The summed E-state index contributed by atoms with van der Waals surface area (Å²) in [4.78, 5) is 0. The molecule has 0 aliphatic heterocycles. The SMILES string of the molecule is CCC[CH2][SnH].Cl.Cl.Cl.Cl. The summed E-state index contributed by atoms with van der Waals surface area (Å²) in [5, 5.41) is 0. The van der Waals surface area contributed by atoms with E-state index in [1.165, 1.54) is 39.8 Å². The van der Waals surface area contributed by atoms with Crippen LogP contribution in [-0.2, 0) is 0 Å². The maximum Gasteiger partial charge on any atom is -0.147 e. The summed E-state index contributed by atoms with van der Waals surface area (Å²) in [5.74, 6) is 0. The van der Waals surface area contributed by atoms with Crippen molar-refractivity contribution >= 4 is 72.2 Å². The van der Waals surface area contributed by atoms with E-state index in [0.717, 1.165) is 0 Å². The molecule has 5 heteroatoms. The Bertz CT molecular complexity index is 20.0. The monoisotopic (exact) mass is 322 g/mol. The van der Waals surface area contributed by atoms with Gasteiger partial charge in [0, 0.05) is 0 Å². The number of unbranched alkanes of at least 4 members (excludes halogenated alkanes) is 1. The van der Waals surface area contributed by atoms with Crippen LogP contribution in [0.2, 0.25) is 4.44 Å². The van der Waals surface area contributed by atoms with Gasteiger partial charge in [-0.2, -0.15) is 0 Å². The first-order valence-corrected chi connectivity index (χ1v) is 4.45. The van der Waals surface area contributed by atoms with Crippen LogP contribution in [0.4, 0.5) is 0 Å². The summed E-state index contributed by atoms with van der Waals surface area (Å²) < 4.78 is 1.47. The molecule has 0 atom stereocenters. The summed E-state index contributed by atoms with van der Waals surface area (Å²) in [7, 11) is 0. The Morgan fingerprint density at radius 3 is 1.33 bits per heavy atom. The van der Waals surface area contributed by atoms with Crippen molar-refractivity contribution in [3.05, 3.63) is 0 Å². The molecule has 0 bridgehead atoms. The fraction of sp³-hybridized carbons (Fsp3) is 1.00. The molecule has 0 aromatic heterocycles. The van der Waals surface area contributed by atoms with E-state index in [4.69, 9.17) is 0 Å². The van der Waals surface area contributed by atoms with E-state index in [1.54, 1.807) is 0 Å². The molecule has 0 nitrogen and oxygen atoms in total. The van der Waals surface area contributed by atoms with Crippen molar-refractivity contribution in [2.45, 2.75) is 24.2 Å². The summed E-state index contributed by atoms with van der Waals surface area (Å²) in [6.45, 7) is 2.23. The molecule has 62 valence electrons. The van der Waals surface area contributed by atoms with Crippen LogP contribution in [0.5, 0.6) is 0 Å². The first kappa shape index (κ1) is 30.6. The molecule has 0 saturated heterocycles. The standard InChI is InChI=1S/C4H9.4ClH.Sn.H/c1-3-4-2;;;;;;/h1,3-4H2,2H3;4*1H;;. The van der Waals surface area contributed by atoms with Crippen molar-refractivity contribution in [3.63, 3.8) is 0 Å². The molecule has 0 aliphatic carbocycles. The van der Waals surface area contributed by atoms with Gasteiger partial charge in [-0.15, -0.1) is 49.6 Å². The quantitative estimate of drug-likeness (QED) is 0.686. The normalized spacial score (nSPS) is 4.67. The predicted molar refractivity (Wildman–Crippen MR) is 55.9 cm³/mol. The molecule has 0 heterocycles. The third kappa shape index (κ3) is 40.3. The van der Waals surface area contributed by atoms with Crippen molar-refractivity contribution in [2.75, 3.05) is 0 Å². The van der Waals surface area contributed by atoms with Crippen LogP contribution >= 0.6 is 49.6 Å². The average molecular weight is 323 g/mol. The minimum Gasteiger partial charge on any atom is -0.147 e. The summed E-state index contributed by atoms with van der Waals surface area (Å²) >= 11 is 1.45. The van der Waals surface area contributed by atoms with Crippen LogP contribution in [0.15, 0.2) is 0 Å². The number of hydrogen-bond acceptors (Lipinski definition) is 0. The van der Waals surface area contributed by atoms with Gasteiger partial charge in [0.25, 0.3) is 0 Å². The first-order valence-electron chi connectivity index (χ1n) is 2.12. The third-order valence-corrected chi connectivity index (χ3v) is 1.72. The Labute approximate surface area is 95.7 Å². The molecule has 0 N–H and O–H groups in total. The van der Waals surface area contributed by atoms with Crippen LogP contribution in [0.3, 0.4) is 0 Å². The fourth-order valence-electron chi connectivity index (χ4n) is 0.204. The van der Waals surface area contributed by atoms with Gasteiger partial charge in [0.1, 0.15) is 0 Å². The molecule has 0 amide bonds. The zero-order valence-corrected chi connectivity index (χ0v) is 11.9. The summed E-state index contributed by atoms with van der Waals surface area (Å²) in [5.41, 5.74) is 0. The van der Waals surface area contributed by atoms with Crippen LogP contribution < -0.4 is 0 Å². The van der Waals surface area contributed by atoms with Gasteiger partial charge >= 0.3 is 46.7 Å². The molecule has 2 radical (unpaired) electrons. The molecule has 9 heavy (non-hydrogen) atoms. The predicted octanol–water partition coefficient (Wildman–Crippen LogP) is 2.79. The minimum absolute atomic E-state index is 0. The molecule has 0 saturated carbocycles. The van der Waals surface area contributed by atoms with E-state index in [1.807, 2.05) is 0 Å². The largest absolute Gasteiger partial charge is 0.147 e. The van der Waals surface area contributed by atoms with Crippen molar-refractivity contribution in [1.82, 2.24) is 0 Å². The molecule has 0 spiro atoms. The molecule has 0 fully saturated rings. The Hall–Kier alpha value is 1.96. The van der Waals surface area contributed by atoms with Crippen LogP contribution in [0.1, 0.15) is 19.8 Å². The number of hydrogen-bond donors (Lipinski definition) is 0. The minimum atomic E-state index is 0.